The molecule has 0 amide bonds. The zero-order valence-corrected chi connectivity index (χ0v) is 10.3. The van der Waals surface area contributed by atoms with E-state index in [0.717, 1.165) is 24.5 Å². The van der Waals surface area contributed by atoms with E-state index in [-0.39, 0.29) is 0 Å². The van der Waals surface area contributed by atoms with Gasteiger partial charge in [-0.3, -0.25) is 0 Å². The molecule has 0 aromatic carbocycles. The molecule has 4 heteroatoms. The SMILES string of the molecule is CC(C)c1nc(Cl)cc(NC2CC=CC2)n1. The molecule has 2 rings (SSSR count). The van der Waals surface area contributed by atoms with Crippen LogP contribution in [0.4, 0.5) is 5.82 Å². The number of halogens is 1. The quantitative estimate of drug-likeness (QED) is 0.647. The number of aromatic nitrogens is 2. The summed E-state index contributed by atoms with van der Waals surface area (Å²) in [7, 11) is 0. The van der Waals surface area contributed by atoms with Crippen LogP contribution in [0.15, 0.2) is 18.2 Å². The van der Waals surface area contributed by atoms with Crippen molar-refractivity contribution in [1.82, 2.24) is 9.97 Å². The zero-order valence-electron chi connectivity index (χ0n) is 9.57. The van der Waals surface area contributed by atoms with Crippen LogP contribution in [0.25, 0.3) is 0 Å². The van der Waals surface area contributed by atoms with Crippen LogP contribution in [-0.4, -0.2) is 16.0 Å². The summed E-state index contributed by atoms with van der Waals surface area (Å²) in [5.41, 5.74) is 0. The molecule has 0 saturated carbocycles. The minimum Gasteiger partial charge on any atom is -0.367 e. The Morgan fingerprint density at radius 3 is 2.62 bits per heavy atom. The summed E-state index contributed by atoms with van der Waals surface area (Å²) < 4.78 is 0. The lowest BCUT2D eigenvalue weighted by molar-refractivity contribution is 0.751. The largest absolute Gasteiger partial charge is 0.367 e. The van der Waals surface area contributed by atoms with Crippen LogP contribution in [0.3, 0.4) is 0 Å². The molecule has 0 bridgehead atoms. The third kappa shape index (κ3) is 2.73. The number of rotatable bonds is 3. The third-order valence-corrected chi connectivity index (χ3v) is 2.78. The Morgan fingerprint density at radius 1 is 1.31 bits per heavy atom. The van der Waals surface area contributed by atoms with Gasteiger partial charge >= 0.3 is 0 Å². The van der Waals surface area contributed by atoms with E-state index in [2.05, 4.69) is 41.3 Å². The average molecular weight is 238 g/mol. The maximum absolute atomic E-state index is 5.97. The van der Waals surface area contributed by atoms with E-state index in [1.54, 1.807) is 6.07 Å². The second-order valence-electron chi connectivity index (χ2n) is 4.37. The van der Waals surface area contributed by atoms with Gasteiger partial charge in [-0.15, -0.1) is 0 Å². The third-order valence-electron chi connectivity index (χ3n) is 2.59. The van der Waals surface area contributed by atoms with E-state index in [9.17, 15) is 0 Å². The van der Waals surface area contributed by atoms with Crippen molar-refractivity contribution in [3.8, 4) is 0 Å². The Balaban J connectivity index is 2.13. The predicted molar refractivity (Wildman–Crippen MR) is 66.9 cm³/mol. The Bertz CT molecular complexity index is 393. The number of nitrogens with zero attached hydrogens (tertiary/aromatic N) is 2. The van der Waals surface area contributed by atoms with Crippen molar-refractivity contribution >= 4 is 17.4 Å². The van der Waals surface area contributed by atoms with Crippen LogP contribution in [0.5, 0.6) is 0 Å². The zero-order chi connectivity index (χ0) is 11.5. The molecule has 0 aliphatic heterocycles. The highest BCUT2D eigenvalue weighted by atomic mass is 35.5. The van der Waals surface area contributed by atoms with Crippen molar-refractivity contribution in [2.75, 3.05) is 5.32 Å². The molecule has 1 aliphatic carbocycles. The molecule has 0 saturated heterocycles. The van der Waals surface area contributed by atoms with E-state index >= 15 is 0 Å². The molecule has 0 fully saturated rings. The summed E-state index contributed by atoms with van der Waals surface area (Å²) >= 11 is 5.97. The molecule has 0 unspecified atom stereocenters. The van der Waals surface area contributed by atoms with Gasteiger partial charge in [0.25, 0.3) is 0 Å². The fourth-order valence-corrected chi connectivity index (χ4v) is 1.90. The lowest BCUT2D eigenvalue weighted by atomic mass is 10.2. The van der Waals surface area contributed by atoms with Crippen LogP contribution in [-0.2, 0) is 0 Å². The minimum absolute atomic E-state index is 0.293. The van der Waals surface area contributed by atoms with Crippen molar-refractivity contribution in [3.05, 3.63) is 29.2 Å². The maximum atomic E-state index is 5.97. The molecule has 1 aromatic heterocycles. The summed E-state index contributed by atoms with van der Waals surface area (Å²) in [5, 5.41) is 3.89. The first-order valence-electron chi connectivity index (χ1n) is 5.61. The molecule has 0 atom stereocenters. The van der Waals surface area contributed by atoms with Crippen LogP contribution < -0.4 is 5.32 Å². The molecule has 0 spiro atoms. The van der Waals surface area contributed by atoms with Gasteiger partial charge in [-0.2, -0.15) is 0 Å². The van der Waals surface area contributed by atoms with E-state index in [1.165, 1.54) is 0 Å². The second-order valence-corrected chi connectivity index (χ2v) is 4.76. The molecule has 86 valence electrons. The Kier molecular flexibility index (Phi) is 3.44. The molecule has 1 heterocycles. The van der Waals surface area contributed by atoms with E-state index in [1.807, 2.05) is 0 Å². The summed E-state index contributed by atoms with van der Waals surface area (Å²) in [6.45, 7) is 4.12. The number of nitrogens with one attached hydrogen (secondary N) is 1. The predicted octanol–water partition coefficient (Wildman–Crippen LogP) is 3.38. The minimum atomic E-state index is 0.293. The summed E-state index contributed by atoms with van der Waals surface area (Å²) in [5.74, 6) is 1.92. The molecular formula is C12H16ClN3. The average Bonchev–Trinajstić information content (AvgIpc) is 2.69. The Labute approximate surface area is 101 Å². The van der Waals surface area contributed by atoms with Gasteiger partial charge in [-0.1, -0.05) is 37.6 Å². The van der Waals surface area contributed by atoms with Crippen LogP contribution in [0, 0.1) is 0 Å². The van der Waals surface area contributed by atoms with Gasteiger partial charge in [-0.25, -0.2) is 9.97 Å². The van der Waals surface area contributed by atoms with Crippen LogP contribution >= 0.6 is 11.6 Å². The monoisotopic (exact) mass is 237 g/mol. The first kappa shape index (κ1) is 11.4. The van der Waals surface area contributed by atoms with Crippen LogP contribution in [0.2, 0.25) is 5.15 Å². The van der Waals surface area contributed by atoms with E-state index in [4.69, 9.17) is 11.6 Å². The van der Waals surface area contributed by atoms with Gasteiger partial charge in [0.2, 0.25) is 0 Å². The molecule has 1 N–H and O–H groups in total. The van der Waals surface area contributed by atoms with Crippen molar-refractivity contribution in [2.45, 2.75) is 38.6 Å². The number of hydrogen-bond acceptors (Lipinski definition) is 3. The van der Waals surface area contributed by atoms with Crippen molar-refractivity contribution in [2.24, 2.45) is 0 Å². The Hall–Kier alpha value is -1.09. The fourth-order valence-electron chi connectivity index (χ4n) is 1.71. The highest BCUT2D eigenvalue weighted by molar-refractivity contribution is 6.29. The van der Waals surface area contributed by atoms with Crippen molar-refractivity contribution in [3.63, 3.8) is 0 Å². The summed E-state index contributed by atoms with van der Waals surface area (Å²) in [6.07, 6.45) is 6.48. The van der Waals surface area contributed by atoms with Crippen molar-refractivity contribution < 1.29 is 0 Å². The number of anilines is 1. The van der Waals surface area contributed by atoms with Crippen LogP contribution in [0.1, 0.15) is 38.4 Å². The first-order chi connectivity index (χ1) is 7.65. The first-order valence-corrected chi connectivity index (χ1v) is 5.99. The van der Waals surface area contributed by atoms with Gasteiger partial charge in [0.15, 0.2) is 0 Å². The standard InChI is InChI=1S/C12H16ClN3/c1-8(2)12-15-10(13)7-11(16-12)14-9-5-3-4-6-9/h3-4,7-9H,5-6H2,1-2H3,(H,14,15,16). The van der Waals surface area contributed by atoms with Gasteiger partial charge in [0.1, 0.15) is 16.8 Å². The van der Waals surface area contributed by atoms with E-state index in [0.29, 0.717) is 17.1 Å². The summed E-state index contributed by atoms with van der Waals surface area (Å²) in [4.78, 5) is 8.67. The summed E-state index contributed by atoms with van der Waals surface area (Å²) in [6, 6.07) is 2.23. The lowest BCUT2D eigenvalue weighted by Crippen LogP contribution is -2.16. The molecule has 16 heavy (non-hydrogen) atoms. The highest BCUT2D eigenvalue weighted by Crippen LogP contribution is 2.20. The topological polar surface area (TPSA) is 37.8 Å². The molecule has 1 aromatic rings. The molecule has 0 radical (unpaired) electrons. The highest BCUT2D eigenvalue weighted by Gasteiger charge is 2.12. The van der Waals surface area contributed by atoms with Gasteiger partial charge in [0.05, 0.1) is 0 Å². The van der Waals surface area contributed by atoms with Gasteiger partial charge in [-0.05, 0) is 12.8 Å². The normalized spacial score (nSPS) is 16.0. The molecule has 3 nitrogen and oxygen atoms in total. The van der Waals surface area contributed by atoms with Gasteiger partial charge < -0.3 is 5.32 Å². The maximum Gasteiger partial charge on any atom is 0.135 e. The molecule has 1 aliphatic rings. The number of hydrogen-bond donors (Lipinski definition) is 1. The Morgan fingerprint density at radius 2 is 2.00 bits per heavy atom. The van der Waals surface area contributed by atoms with E-state index < -0.39 is 0 Å². The second kappa shape index (κ2) is 4.83. The van der Waals surface area contributed by atoms with Gasteiger partial charge in [0, 0.05) is 18.0 Å². The van der Waals surface area contributed by atoms with Crippen molar-refractivity contribution in [1.29, 1.82) is 0 Å². The fraction of sp³-hybridized carbons (Fsp3) is 0.500. The smallest absolute Gasteiger partial charge is 0.135 e. The lowest BCUT2D eigenvalue weighted by Gasteiger charge is -2.14. The molecular weight excluding hydrogens is 222 g/mol.